The molecule has 0 aromatic carbocycles. The molecule has 0 fully saturated rings. The molecule has 1 rings (SSSR count). The van der Waals surface area contributed by atoms with E-state index in [2.05, 4.69) is 0 Å². The summed E-state index contributed by atoms with van der Waals surface area (Å²) in [6.07, 6.45) is 7.00. The van der Waals surface area contributed by atoms with Crippen LogP contribution in [0.15, 0.2) is 23.7 Å². The molecule has 1 N–H and O–H groups in total. The summed E-state index contributed by atoms with van der Waals surface area (Å²) in [7, 11) is 0. The van der Waals surface area contributed by atoms with E-state index in [1.54, 1.807) is 6.08 Å². The lowest BCUT2D eigenvalue weighted by molar-refractivity contribution is 0.192. The maximum absolute atomic E-state index is 9.27. The second-order valence-corrected chi connectivity index (χ2v) is 2.86. The number of rotatable bonds is 4. The predicted molar refractivity (Wildman–Crippen MR) is 49.0 cm³/mol. The van der Waals surface area contributed by atoms with Gasteiger partial charge in [0, 0.05) is 5.88 Å². The molecule has 0 saturated heterocycles. The summed E-state index contributed by atoms with van der Waals surface area (Å²) in [6.45, 7) is 0.563. The smallest absolute Gasteiger partial charge is 0.156 e. The van der Waals surface area contributed by atoms with Crippen LogP contribution in [0.4, 0.5) is 0 Å². The summed E-state index contributed by atoms with van der Waals surface area (Å²) in [6, 6.07) is 0. The Kier molecular flexibility index (Phi) is 4.01. The van der Waals surface area contributed by atoms with Gasteiger partial charge >= 0.3 is 0 Å². The Morgan fingerprint density at radius 2 is 2.42 bits per heavy atom. The lowest BCUT2D eigenvalue weighted by Gasteiger charge is -2.11. The van der Waals surface area contributed by atoms with Crippen molar-refractivity contribution in [3.05, 3.63) is 30.1 Å². The minimum absolute atomic E-state index is 0.204. The molecule has 0 atom stereocenters. The maximum atomic E-state index is 9.27. The van der Waals surface area contributed by atoms with Gasteiger partial charge < -0.3 is 9.84 Å². The Hall–Kier alpha value is -0.630. The summed E-state index contributed by atoms with van der Waals surface area (Å²) in [4.78, 5) is 0. The molecule has 67 valence electrons. The highest BCUT2D eigenvalue weighted by atomic mass is 35.5. The highest BCUT2D eigenvalue weighted by molar-refractivity contribution is 6.17. The van der Waals surface area contributed by atoms with E-state index in [1.807, 2.05) is 12.5 Å². The number of alkyl halides is 1. The van der Waals surface area contributed by atoms with E-state index in [1.165, 1.54) is 0 Å². The number of halogens is 1. The zero-order valence-electron chi connectivity index (χ0n) is 6.79. The number of hydrogen-bond donors (Lipinski definition) is 1. The largest absolute Gasteiger partial charge is 0.504 e. The first kappa shape index (κ1) is 9.46. The number of aliphatic hydroxyl groups is 1. The van der Waals surface area contributed by atoms with Crippen LogP contribution >= 0.6 is 11.6 Å². The van der Waals surface area contributed by atoms with Gasteiger partial charge in [0.25, 0.3) is 0 Å². The Morgan fingerprint density at radius 1 is 1.58 bits per heavy atom. The molecule has 0 spiro atoms. The quantitative estimate of drug-likeness (QED) is 0.542. The average molecular weight is 188 g/mol. The molecule has 0 heterocycles. The first-order valence-electron chi connectivity index (χ1n) is 3.96. The van der Waals surface area contributed by atoms with Gasteiger partial charge in [-0.05, 0) is 31.4 Å². The second-order valence-electron chi connectivity index (χ2n) is 2.48. The molecule has 0 saturated carbocycles. The Bertz CT molecular complexity index is 197. The normalized spacial score (nSPS) is 16.8. The highest BCUT2D eigenvalue weighted by Gasteiger charge is 2.07. The third-order valence-corrected chi connectivity index (χ3v) is 1.77. The van der Waals surface area contributed by atoms with Crippen molar-refractivity contribution in [2.75, 3.05) is 12.5 Å². The molecule has 2 nitrogen and oxygen atoms in total. The van der Waals surface area contributed by atoms with Gasteiger partial charge in [0.15, 0.2) is 11.5 Å². The van der Waals surface area contributed by atoms with Crippen LogP contribution in [0.3, 0.4) is 0 Å². The molecule has 0 amide bonds. The fourth-order valence-electron chi connectivity index (χ4n) is 0.911. The number of allylic oxidation sites excluding steroid dienone is 2. The van der Waals surface area contributed by atoms with E-state index in [0.717, 1.165) is 12.8 Å². The zero-order valence-corrected chi connectivity index (χ0v) is 7.55. The zero-order chi connectivity index (χ0) is 8.81. The van der Waals surface area contributed by atoms with Crippen LogP contribution in [-0.2, 0) is 4.74 Å². The lowest BCUT2D eigenvalue weighted by Crippen LogP contribution is -2.01. The van der Waals surface area contributed by atoms with Crippen LogP contribution in [0.2, 0.25) is 0 Å². The topological polar surface area (TPSA) is 29.5 Å². The van der Waals surface area contributed by atoms with Gasteiger partial charge in [-0.2, -0.15) is 0 Å². The third kappa shape index (κ3) is 2.78. The summed E-state index contributed by atoms with van der Waals surface area (Å²) < 4.78 is 5.27. The first-order valence-corrected chi connectivity index (χ1v) is 4.50. The number of hydrogen-bond acceptors (Lipinski definition) is 2. The van der Waals surface area contributed by atoms with Crippen molar-refractivity contribution < 1.29 is 9.84 Å². The number of ether oxygens (including phenoxy) is 1. The molecule has 3 heteroatoms. The van der Waals surface area contributed by atoms with Crippen molar-refractivity contribution in [3.63, 3.8) is 0 Å². The van der Waals surface area contributed by atoms with Gasteiger partial charge in [-0.25, -0.2) is 0 Å². The summed E-state index contributed by atoms with van der Waals surface area (Å²) in [5.41, 5.74) is 0. The molecule has 0 aliphatic heterocycles. The van der Waals surface area contributed by atoms with E-state index < -0.39 is 0 Å². The molecule has 0 unspecified atom stereocenters. The molecule has 1 aliphatic carbocycles. The average Bonchev–Trinajstić information content (AvgIpc) is 2.09. The first-order chi connectivity index (χ1) is 5.84. The van der Waals surface area contributed by atoms with Crippen LogP contribution in [0, 0.1) is 6.42 Å². The molecule has 1 radical (unpaired) electrons. The van der Waals surface area contributed by atoms with Crippen LogP contribution in [0.1, 0.15) is 12.8 Å². The summed E-state index contributed by atoms with van der Waals surface area (Å²) in [5, 5.41) is 9.27. The van der Waals surface area contributed by atoms with Gasteiger partial charge in [0.1, 0.15) is 0 Å². The van der Waals surface area contributed by atoms with Gasteiger partial charge in [0.05, 0.1) is 6.61 Å². The van der Waals surface area contributed by atoms with Crippen molar-refractivity contribution in [2.24, 2.45) is 0 Å². The van der Waals surface area contributed by atoms with E-state index in [9.17, 15) is 5.11 Å². The Morgan fingerprint density at radius 3 is 3.08 bits per heavy atom. The van der Waals surface area contributed by atoms with Crippen molar-refractivity contribution in [1.29, 1.82) is 0 Å². The Labute approximate surface area is 77.5 Å². The van der Waals surface area contributed by atoms with Crippen molar-refractivity contribution in [2.45, 2.75) is 12.8 Å². The molecular weight excluding hydrogens is 176 g/mol. The van der Waals surface area contributed by atoms with E-state index in [4.69, 9.17) is 16.3 Å². The van der Waals surface area contributed by atoms with Gasteiger partial charge in [0.2, 0.25) is 0 Å². The molecular formula is C9H12ClO2. The molecule has 0 bridgehead atoms. The van der Waals surface area contributed by atoms with E-state index in [-0.39, 0.29) is 5.76 Å². The Balaban J connectivity index is 2.31. The molecule has 12 heavy (non-hydrogen) atoms. The van der Waals surface area contributed by atoms with E-state index in [0.29, 0.717) is 18.2 Å². The minimum Gasteiger partial charge on any atom is -0.504 e. The summed E-state index contributed by atoms with van der Waals surface area (Å²) in [5.74, 6) is 1.36. The molecule has 1 aliphatic rings. The van der Waals surface area contributed by atoms with Crippen LogP contribution in [0.5, 0.6) is 0 Å². The third-order valence-electron chi connectivity index (χ3n) is 1.50. The fraction of sp³-hybridized carbons (Fsp3) is 0.444. The fourth-order valence-corrected chi connectivity index (χ4v) is 1.02. The standard InChI is InChI=1S/C9H12ClO2/c10-6-3-7-12-9-5-2-1-4-8(9)11/h1,4-5,11H,2-3,6-7H2. The van der Waals surface area contributed by atoms with Crippen molar-refractivity contribution in [1.82, 2.24) is 0 Å². The monoisotopic (exact) mass is 187 g/mol. The van der Waals surface area contributed by atoms with Crippen molar-refractivity contribution in [3.8, 4) is 0 Å². The summed E-state index contributed by atoms with van der Waals surface area (Å²) >= 11 is 5.47. The van der Waals surface area contributed by atoms with Crippen LogP contribution in [0.25, 0.3) is 0 Å². The predicted octanol–water partition coefficient (Wildman–Crippen LogP) is 2.57. The van der Waals surface area contributed by atoms with E-state index >= 15 is 0 Å². The number of aliphatic hydroxyl groups excluding tert-OH is 1. The molecule has 0 aromatic rings. The SMILES string of the molecule is OC1=C[CH]CC=C1OCCCCl. The van der Waals surface area contributed by atoms with Crippen LogP contribution in [-0.4, -0.2) is 17.6 Å². The lowest BCUT2D eigenvalue weighted by atomic mass is 10.1. The van der Waals surface area contributed by atoms with Crippen molar-refractivity contribution >= 4 is 11.6 Å². The van der Waals surface area contributed by atoms with Crippen LogP contribution < -0.4 is 0 Å². The minimum atomic E-state index is 0.204. The second kappa shape index (κ2) is 5.09. The highest BCUT2D eigenvalue weighted by Crippen LogP contribution is 2.16. The van der Waals surface area contributed by atoms with Gasteiger partial charge in [-0.3, -0.25) is 0 Å². The molecule has 0 aromatic heterocycles. The van der Waals surface area contributed by atoms with Gasteiger partial charge in [-0.1, -0.05) is 0 Å². The maximum Gasteiger partial charge on any atom is 0.156 e. The van der Waals surface area contributed by atoms with Gasteiger partial charge in [-0.15, -0.1) is 11.6 Å².